The molecule has 0 aliphatic carbocycles. The molecule has 0 spiro atoms. The second kappa shape index (κ2) is 11.4. The molecular weight excluding hydrogens is 422 g/mol. The van der Waals surface area contributed by atoms with Gasteiger partial charge in [-0.2, -0.15) is 0 Å². The summed E-state index contributed by atoms with van der Waals surface area (Å²) < 4.78 is 12.8. The standard InChI is InChI=1S/C24H31N5O2S/c1-27(2)21-8-6-19(7-9-21)17-29(12-5-11-28-13-10-25-18-28)24(32)26-20-14-22(30-3)16-23(15-20)31-4/h6-10,13-16,18H,5,11-12,17H2,1-4H3,(H,26,32). The van der Waals surface area contributed by atoms with Crippen molar-refractivity contribution in [2.24, 2.45) is 0 Å². The predicted octanol–water partition coefficient (Wildman–Crippen LogP) is 4.26. The number of ether oxygens (including phenoxy) is 2. The molecule has 0 bridgehead atoms. The highest BCUT2D eigenvalue weighted by atomic mass is 32.1. The van der Waals surface area contributed by atoms with Crippen LogP contribution in [-0.4, -0.2) is 54.4 Å². The molecular formula is C24H31N5O2S. The maximum absolute atomic E-state index is 5.80. The average Bonchev–Trinajstić information content (AvgIpc) is 3.32. The molecule has 3 aromatic rings. The van der Waals surface area contributed by atoms with Gasteiger partial charge in [0, 0.05) is 75.7 Å². The fraction of sp³-hybridized carbons (Fsp3) is 0.333. The third kappa shape index (κ3) is 6.62. The van der Waals surface area contributed by atoms with E-state index in [2.05, 4.69) is 48.9 Å². The molecule has 0 unspecified atom stereocenters. The lowest BCUT2D eigenvalue weighted by atomic mass is 10.2. The van der Waals surface area contributed by atoms with Crippen LogP contribution in [0.25, 0.3) is 0 Å². The van der Waals surface area contributed by atoms with Crippen LogP contribution in [0.3, 0.4) is 0 Å². The van der Waals surface area contributed by atoms with Crippen LogP contribution in [0.4, 0.5) is 11.4 Å². The first kappa shape index (κ1) is 23.4. The fourth-order valence-corrected chi connectivity index (χ4v) is 3.59. The number of benzene rings is 2. The summed E-state index contributed by atoms with van der Waals surface area (Å²) in [5, 5.41) is 4.01. The summed E-state index contributed by atoms with van der Waals surface area (Å²) in [5.74, 6) is 1.42. The van der Waals surface area contributed by atoms with Crippen LogP contribution in [0.1, 0.15) is 12.0 Å². The Morgan fingerprint density at radius 2 is 1.75 bits per heavy atom. The zero-order chi connectivity index (χ0) is 22.9. The summed E-state index contributed by atoms with van der Waals surface area (Å²) in [5.41, 5.74) is 3.20. The molecule has 0 aliphatic heterocycles. The molecule has 1 aromatic heterocycles. The average molecular weight is 454 g/mol. The van der Waals surface area contributed by atoms with E-state index in [9.17, 15) is 0 Å². The number of hydrogen-bond acceptors (Lipinski definition) is 5. The first-order valence-electron chi connectivity index (χ1n) is 10.5. The number of aryl methyl sites for hydroxylation is 1. The van der Waals surface area contributed by atoms with Crippen molar-refractivity contribution in [1.29, 1.82) is 0 Å². The normalized spacial score (nSPS) is 10.5. The first-order valence-corrected chi connectivity index (χ1v) is 10.9. The van der Waals surface area contributed by atoms with E-state index in [0.717, 1.165) is 25.2 Å². The second-order valence-corrected chi connectivity index (χ2v) is 8.05. The van der Waals surface area contributed by atoms with Crippen molar-refractivity contribution in [1.82, 2.24) is 14.5 Å². The minimum atomic E-state index is 0.655. The van der Waals surface area contributed by atoms with Crippen LogP contribution in [-0.2, 0) is 13.1 Å². The predicted molar refractivity (Wildman–Crippen MR) is 134 cm³/mol. The molecule has 0 radical (unpaired) electrons. The largest absolute Gasteiger partial charge is 0.497 e. The van der Waals surface area contributed by atoms with Gasteiger partial charge in [0.2, 0.25) is 0 Å². The zero-order valence-electron chi connectivity index (χ0n) is 19.1. The van der Waals surface area contributed by atoms with E-state index in [1.807, 2.05) is 44.8 Å². The number of aromatic nitrogens is 2. The number of imidazole rings is 1. The Balaban J connectivity index is 1.73. The summed E-state index contributed by atoms with van der Waals surface area (Å²) in [6.07, 6.45) is 6.55. The molecule has 0 amide bonds. The Kier molecular flexibility index (Phi) is 8.33. The SMILES string of the molecule is COc1cc(NC(=S)N(CCCn2ccnc2)Cc2ccc(N(C)C)cc2)cc(OC)c1. The van der Waals surface area contributed by atoms with Gasteiger partial charge in [-0.15, -0.1) is 0 Å². The highest BCUT2D eigenvalue weighted by Crippen LogP contribution is 2.26. The number of methoxy groups -OCH3 is 2. The number of thiocarbonyl (C=S) groups is 1. The Labute approximate surface area is 195 Å². The van der Waals surface area contributed by atoms with Crippen molar-refractivity contribution >= 4 is 28.7 Å². The molecule has 0 saturated carbocycles. The van der Waals surface area contributed by atoms with E-state index in [-0.39, 0.29) is 0 Å². The van der Waals surface area contributed by atoms with Gasteiger partial charge in [-0.05, 0) is 36.3 Å². The van der Waals surface area contributed by atoms with Gasteiger partial charge in [0.05, 0.1) is 20.5 Å². The lowest BCUT2D eigenvalue weighted by molar-refractivity contribution is 0.393. The van der Waals surface area contributed by atoms with E-state index in [1.54, 1.807) is 20.4 Å². The van der Waals surface area contributed by atoms with E-state index < -0.39 is 0 Å². The van der Waals surface area contributed by atoms with E-state index in [0.29, 0.717) is 23.2 Å². The van der Waals surface area contributed by atoms with Crippen LogP contribution in [0, 0.1) is 0 Å². The number of nitrogens with zero attached hydrogens (tertiary/aromatic N) is 4. The Hall–Kier alpha value is -3.26. The monoisotopic (exact) mass is 453 g/mol. The molecule has 2 aromatic carbocycles. The number of nitrogens with one attached hydrogen (secondary N) is 1. The molecule has 0 atom stereocenters. The van der Waals surface area contributed by atoms with E-state index in [1.165, 1.54) is 11.3 Å². The van der Waals surface area contributed by atoms with Gasteiger partial charge in [-0.3, -0.25) is 0 Å². The molecule has 32 heavy (non-hydrogen) atoms. The number of rotatable bonds is 10. The van der Waals surface area contributed by atoms with Gasteiger partial charge in [0.1, 0.15) is 11.5 Å². The van der Waals surface area contributed by atoms with Gasteiger partial charge in [-0.25, -0.2) is 4.98 Å². The summed E-state index contributed by atoms with van der Waals surface area (Å²) in [6.45, 7) is 2.40. The minimum absolute atomic E-state index is 0.655. The second-order valence-electron chi connectivity index (χ2n) is 7.67. The molecule has 7 nitrogen and oxygen atoms in total. The number of anilines is 2. The smallest absolute Gasteiger partial charge is 0.173 e. The maximum atomic E-state index is 5.80. The summed E-state index contributed by atoms with van der Waals surface area (Å²) in [6, 6.07) is 14.2. The van der Waals surface area contributed by atoms with Crippen molar-refractivity contribution in [3.05, 3.63) is 66.7 Å². The number of hydrogen-bond donors (Lipinski definition) is 1. The van der Waals surface area contributed by atoms with Crippen molar-refractivity contribution in [2.75, 3.05) is 45.1 Å². The molecule has 8 heteroatoms. The van der Waals surface area contributed by atoms with Gasteiger partial charge in [-0.1, -0.05) is 12.1 Å². The van der Waals surface area contributed by atoms with Gasteiger partial charge in [0.15, 0.2) is 5.11 Å². The topological polar surface area (TPSA) is 54.8 Å². The molecule has 0 fully saturated rings. The lowest BCUT2D eigenvalue weighted by Gasteiger charge is -2.27. The van der Waals surface area contributed by atoms with E-state index >= 15 is 0 Å². The van der Waals surface area contributed by atoms with E-state index in [4.69, 9.17) is 21.7 Å². The quantitative estimate of drug-likeness (QED) is 0.461. The summed E-state index contributed by atoms with van der Waals surface area (Å²) >= 11 is 5.80. The summed E-state index contributed by atoms with van der Waals surface area (Å²) in [7, 11) is 7.35. The van der Waals surface area contributed by atoms with Gasteiger partial charge < -0.3 is 29.2 Å². The molecule has 0 aliphatic rings. The van der Waals surface area contributed by atoms with Crippen molar-refractivity contribution in [2.45, 2.75) is 19.5 Å². The third-order valence-electron chi connectivity index (χ3n) is 5.12. The molecule has 1 heterocycles. The van der Waals surface area contributed by atoms with Crippen molar-refractivity contribution in [3.8, 4) is 11.5 Å². The molecule has 170 valence electrons. The van der Waals surface area contributed by atoms with Crippen LogP contribution >= 0.6 is 12.2 Å². The highest BCUT2D eigenvalue weighted by Gasteiger charge is 2.13. The Bertz CT molecular complexity index is 968. The molecule has 3 rings (SSSR count). The van der Waals surface area contributed by atoms with Crippen molar-refractivity contribution in [3.63, 3.8) is 0 Å². The van der Waals surface area contributed by atoms with Gasteiger partial charge >= 0.3 is 0 Å². The highest BCUT2D eigenvalue weighted by molar-refractivity contribution is 7.80. The Morgan fingerprint density at radius 3 is 2.31 bits per heavy atom. The van der Waals surface area contributed by atoms with Crippen LogP contribution in [0.15, 0.2) is 61.2 Å². The third-order valence-corrected chi connectivity index (χ3v) is 5.48. The minimum Gasteiger partial charge on any atom is -0.497 e. The summed E-state index contributed by atoms with van der Waals surface area (Å²) in [4.78, 5) is 8.39. The molecule has 1 N–H and O–H groups in total. The zero-order valence-corrected chi connectivity index (χ0v) is 19.9. The molecule has 0 saturated heterocycles. The Morgan fingerprint density at radius 1 is 1.06 bits per heavy atom. The fourth-order valence-electron chi connectivity index (χ4n) is 3.32. The lowest BCUT2D eigenvalue weighted by Crippen LogP contribution is -2.35. The van der Waals surface area contributed by atoms with Gasteiger partial charge in [0.25, 0.3) is 0 Å². The first-order chi connectivity index (χ1) is 15.5. The van der Waals surface area contributed by atoms with Crippen LogP contribution in [0.5, 0.6) is 11.5 Å². The van der Waals surface area contributed by atoms with Crippen LogP contribution < -0.4 is 19.7 Å². The maximum Gasteiger partial charge on any atom is 0.173 e. The van der Waals surface area contributed by atoms with Crippen molar-refractivity contribution < 1.29 is 9.47 Å². The van der Waals surface area contributed by atoms with Crippen LogP contribution in [0.2, 0.25) is 0 Å².